The summed E-state index contributed by atoms with van der Waals surface area (Å²) in [7, 11) is 1.79. The van der Waals surface area contributed by atoms with E-state index in [1.807, 2.05) is 12.1 Å². The number of carbonyl (C=O) groups is 1. The lowest BCUT2D eigenvalue weighted by Gasteiger charge is -2.30. The average molecular weight is 292 g/mol. The van der Waals surface area contributed by atoms with Gasteiger partial charge >= 0.3 is 0 Å². The molecule has 2 bridgehead atoms. The van der Waals surface area contributed by atoms with Gasteiger partial charge in [0.2, 0.25) is 5.91 Å². The SMILES string of the molecule is CNC1C(=O)Nc2cc(N3CC4CCC3C4)c(Cl)cc21. The van der Waals surface area contributed by atoms with E-state index >= 15 is 0 Å². The van der Waals surface area contributed by atoms with Gasteiger partial charge in [0, 0.05) is 23.8 Å². The van der Waals surface area contributed by atoms with Crippen LogP contribution in [0.5, 0.6) is 0 Å². The second kappa shape index (κ2) is 4.37. The first-order valence-electron chi connectivity index (χ1n) is 7.25. The summed E-state index contributed by atoms with van der Waals surface area (Å²) in [4.78, 5) is 14.3. The Hall–Kier alpha value is -1.26. The van der Waals surface area contributed by atoms with Crippen LogP contribution in [0.3, 0.4) is 0 Å². The second-order valence-corrected chi connectivity index (χ2v) is 6.49. The molecule has 3 unspecified atom stereocenters. The van der Waals surface area contributed by atoms with Gasteiger partial charge < -0.3 is 15.5 Å². The number of hydrogen-bond acceptors (Lipinski definition) is 3. The van der Waals surface area contributed by atoms with Crippen molar-refractivity contribution in [2.45, 2.75) is 31.3 Å². The van der Waals surface area contributed by atoms with E-state index in [9.17, 15) is 4.79 Å². The number of anilines is 2. The lowest BCUT2D eigenvalue weighted by molar-refractivity contribution is -0.117. The molecule has 3 atom stereocenters. The molecule has 2 fully saturated rings. The van der Waals surface area contributed by atoms with Gasteiger partial charge in [-0.25, -0.2) is 0 Å². The van der Waals surface area contributed by atoms with E-state index in [1.165, 1.54) is 19.3 Å². The molecular formula is C15H18ClN3O. The van der Waals surface area contributed by atoms with Crippen molar-refractivity contribution in [2.24, 2.45) is 5.92 Å². The first-order valence-corrected chi connectivity index (χ1v) is 7.63. The summed E-state index contributed by atoms with van der Waals surface area (Å²) < 4.78 is 0. The number of halogens is 1. The molecule has 5 heteroatoms. The van der Waals surface area contributed by atoms with Crippen LogP contribution in [0.15, 0.2) is 12.1 Å². The van der Waals surface area contributed by atoms with Crippen LogP contribution in [0, 0.1) is 5.92 Å². The van der Waals surface area contributed by atoms with Crippen LogP contribution in [-0.4, -0.2) is 25.5 Å². The smallest absolute Gasteiger partial charge is 0.246 e. The molecule has 3 aliphatic rings. The fourth-order valence-electron chi connectivity index (χ4n) is 4.00. The highest BCUT2D eigenvalue weighted by Gasteiger charge is 2.39. The quantitative estimate of drug-likeness (QED) is 0.880. The number of fused-ring (bicyclic) bond motifs is 3. The lowest BCUT2D eigenvalue weighted by atomic mass is 10.1. The van der Waals surface area contributed by atoms with E-state index in [1.54, 1.807) is 7.05 Å². The van der Waals surface area contributed by atoms with Crippen LogP contribution < -0.4 is 15.5 Å². The monoisotopic (exact) mass is 291 g/mol. The number of carbonyl (C=O) groups excluding carboxylic acids is 1. The summed E-state index contributed by atoms with van der Waals surface area (Å²) in [5, 5.41) is 6.73. The Morgan fingerprint density at radius 1 is 1.40 bits per heavy atom. The summed E-state index contributed by atoms with van der Waals surface area (Å²) in [6.45, 7) is 1.10. The van der Waals surface area contributed by atoms with Crippen molar-refractivity contribution in [3.8, 4) is 0 Å². The number of nitrogens with zero attached hydrogens (tertiary/aromatic N) is 1. The van der Waals surface area contributed by atoms with Crippen molar-refractivity contribution < 1.29 is 4.79 Å². The fourth-order valence-corrected chi connectivity index (χ4v) is 4.28. The predicted molar refractivity (Wildman–Crippen MR) is 80.4 cm³/mol. The Balaban J connectivity index is 1.73. The maximum atomic E-state index is 11.9. The van der Waals surface area contributed by atoms with Gasteiger partial charge in [-0.05, 0) is 44.4 Å². The molecule has 0 aromatic heterocycles. The first kappa shape index (κ1) is 12.5. The standard InChI is InChI=1S/C15H18ClN3O/c1-17-14-10-5-11(16)13(6-12(10)18-15(14)20)19-7-8-2-3-9(19)4-8/h5-6,8-9,14,17H,2-4,7H2,1H3,(H,18,20). The average Bonchev–Trinajstić information content (AvgIpc) is 3.10. The van der Waals surface area contributed by atoms with E-state index in [0.29, 0.717) is 6.04 Å². The Morgan fingerprint density at radius 3 is 2.90 bits per heavy atom. The van der Waals surface area contributed by atoms with Gasteiger partial charge in [-0.3, -0.25) is 4.79 Å². The highest BCUT2D eigenvalue weighted by atomic mass is 35.5. The van der Waals surface area contributed by atoms with Crippen LogP contribution in [0.25, 0.3) is 0 Å². The van der Waals surface area contributed by atoms with Crippen molar-refractivity contribution in [1.29, 1.82) is 0 Å². The zero-order valence-electron chi connectivity index (χ0n) is 11.4. The van der Waals surface area contributed by atoms with Gasteiger partial charge in [0.25, 0.3) is 0 Å². The molecule has 20 heavy (non-hydrogen) atoms. The highest BCUT2D eigenvalue weighted by Crippen LogP contribution is 2.45. The largest absolute Gasteiger partial charge is 0.367 e. The zero-order chi connectivity index (χ0) is 13.9. The summed E-state index contributed by atoms with van der Waals surface area (Å²) in [6, 6.07) is 4.34. The molecule has 2 N–H and O–H groups in total. The Labute approximate surface area is 123 Å². The molecule has 1 aliphatic carbocycles. The third-order valence-electron chi connectivity index (χ3n) is 4.96. The molecule has 1 aromatic rings. The van der Waals surface area contributed by atoms with Crippen molar-refractivity contribution in [3.05, 3.63) is 22.7 Å². The Bertz CT molecular complexity index is 589. The van der Waals surface area contributed by atoms with E-state index < -0.39 is 0 Å². The van der Waals surface area contributed by atoms with Gasteiger partial charge in [-0.1, -0.05) is 11.6 Å². The van der Waals surface area contributed by atoms with Gasteiger partial charge in [-0.2, -0.15) is 0 Å². The van der Waals surface area contributed by atoms with Crippen molar-refractivity contribution in [3.63, 3.8) is 0 Å². The lowest BCUT2D eigenvalue weighted by Crippen LogP contribution is -2.32. The molecule has 2 heterocycles. The van der Waals surface area contributed by atoms with E-state index in [-0.39, 0.29) is 11.9 Å². The molecule has 4 rings (SSSR count). The third kappa shape index (κ3) is 1.68. The maximum absolute atomic E-state index is 11.9. The topological polar surface area (TPSA) is 44.4 Å². The molecule has 0 radical (unpaired) electrons. The minimum atomic E-state index is -0.286. The number of nitrogens with one attached hydrogen (secondary N) is 2. The van der Waals surface area contributed by atoms with Crippen LogP contribution in [0.1, 0.15) is 30.9 Å². The van der Waals surface area contributed by atoms with Gasteiger partial charge in [0.15, 0.2) is 0 Å². The zero-order valence-corrected chi connectivity index (χ0v) is 12.2. The van der Waals surface area contributed by atoms with Crippen molar-refractivity contribution in [2.75, 3.05) is 23.8 Å². The van der Waals surface area contributed by atoms with Crippen LogP contribution in [0.4, 0.5) is 11.4 Å². The van der Waals surface area contributed by atoms with Crippen molar-refractivity contribution in [1.82, 2.24) is 5.32 Å². The number of rotatable bonds is 2. The van der Waals surface area contributed by atoms with E-state index in [2.05, 4.69) is 15.5 Å². The highest BCUT2D eigenvalue weighted by molar-refractivity contribution is 6.33. The number of hydrogen-bond donors (Lipinski definition) is 2. The molecule has 0 spiro atoms. The molecule has 1 saturated heterocycles. The molecule has 2 aliphatic heterocycles. The normalized spacial score (nSPS) is 30.8. The number of benzene rings is 1. The fraction of sp³-hybridized carbons (Fsp3) is 0.533. The third-order valence-corrected chi connectivity index (χ3v) is 5.26. The van der Waals surface area contributed by atoms with Gasteiger partial charge in [0.1, 0.15) is 6.04 Å². The molecule has 1 saturated carbocycles. The molecule has 1 amide bonds. The number of piperidine rings is 1. The van der Waals surface area contributed by atoms with Gasteiger partial charge in [-0.15, -0.1) is 0 Å². The van der Waals surface area contributed by atoms with E-state index in [0.717, 1.165) is 34.4 Å². The van der Waals surface area contributed by atoms with Crippen molar-refractivity contribution >= 4 is 28.9 Å². The van der Waals surface area contributed by atoms with Crippen LogP contribution in [0.2, 0.25) is 5.02 Å². The Kier molecular flexibility index (Phi) is 2.72. The molecule has 106 valence electrons. The second-order valence-electron chi connectivity index (χ2n) is 6.09. The van der Waals surface area contributed by atoms with E-state index in [4.69, 9.17) is 11.6 Å². The molecule has 4 nitrogen and oxygen atoms in total. The first-order chi connectivity index (χ1) is 9.67. The summed E-state index contributed by atoms with van der Waals surface area (Å²) in [5.74, 6) is 0.822. The summed E-state index contributed by atoms with van der Waals surface area (Å²) >= 11 is 6.49. The van der Waals surface area contributed by atoms with Gasteiger partial charge in [0.05, 0.1) is 10.7 Å². The molecular weight excluding hydrogens is 274 g/mol. The minimum Gasteiger partial charge on any atom is -0.367 e. The number of amides is 1. The summed E-state index contributed by atoms with van der Waals surface area (Å²) in [6.07, 6.45) is 3.91. The Morgan fingerprint density at radius 2 is 2.25 bits per heavy atom. The maximum Gasteiger partial charge on any atom is 0.246 e. The summed E-state index contributed by atoms with van der Waals surface area (Å²) in [5.41, 5.74) is 2.93. The minimum absolute atomic E-state index is 0.00124. The molecule has 1 aromatic carbocycles. The van der Waals surface area contributed by atoms with Crippen LogP contribution >= 0.6 is 11.6 Å². The number of likely N-dealkylation sites (N-methyl/N-ethyl adjacent to an activating group) is 1. The van der Waals surface area contributed by atoms with Crippen LogP contribution in [-0.2, 0) is 4.79 Å². The predicted octanol–water partition coefficient (Wildman–Crippen LogP) is 2.54.